The first-order valence-electron chi connectivity index (χ1n) is 9.92. The maximum atomic E-state index is 5.61. The van der Waals surface area contributed by atoms with Crippen LogP contribution >= 0.6 is 12.2 Å². The van der Waals surface area contributed by atoms with Gasteiger partial charge < -0.3 is 4.90 Å². The van der Waals surface area contributed by atoms with E-state index in [-0.39, 0.29) is 6.04 Å². The molecule has 1 saturated heterocycles. The second kappa shape index (κ2) is 8.67. The minimum atomic E-state index is 0.0596. The maximum Gasteiger partial charge on any atom is 0.183 e. The fourth-order valence-electron chi connectivity index (χ4n) is 3.79. The van der Waals surface area contributed by atoms with Gasteiger partial charge >= 0.3 is 0 Å². The van der Waals surface area contributed by atoms with E-state index in [1.165, 1.54) is 5.56 Å². The highest BCUT2D eigenvalue weighted by Gasteiger charge is 2.22. The second-order valence-corrected chi connectivity index (χ2v) is 7.78. The zero-order valence-corrected chi connectivity index (χ0v) is 17.0. The van der Waals surface area contributed by atoms with Crippen LogP contribution in [-0.4, -0.2) is 28.1 Å². The molecule has 0 saturated carbocycles. The first-order chi connectivity index (χ1) is 13.7. The molecular weight excluding hydrogens is 364 g/mol. The number of hydrazine groups is 1. The molecule has 0 spiro atoms. The van der Waals surface area contributed by atoms with Gasteiger partial charge in [-0.15, -0.1) is 0 Å². The predicted molar refractivity (Wildman–Crippen MR) is 119 cm³/mol. The van der Waals surface area contributed by atoms with E-state index in [0.29, 0.717) is 5.92 Å². The minimum Gasteiger partial charge on any atom is -0.348 e. The van der Waals surface area contributed by atoms with Crippen LogP contribution < -0.4 is 10.9 Å². The summed E-state index contributed by atoms with van der Waals surface area (Å²) in [4.78, 5) is 7.00. The van der Waals surface area contributed by atoms with Crippen molar-refractivity contribution in [2.24, 2.45) is 0 Å². The van der Waals surface area contributed by atoms with E-state index in [4.69, 9.17) is 17.2 Å². The van der Waals surface area contributed by atoms with Crippen molar-refractivity contribution in [3.05, 3.63) is 78.0 Å². The number of pyridine rings is 1. The van der Waals surface area contributed by atoms with Gasteiger partial charge in [-0.25, -0.2) is 5.43 Å². The molecule has 2 aromatic carbocycles. The largest absolute Gasteiger partial charge is 0.348 e. The van der Waals surface area contributed by atoms with Gasteiger partial charge in [-0.1, -0.05) is 54.6 Å². The molecule has 5 heteroatoms. The summed E-state index contributed by atoms with van der Waals surface area (Å²) in [7, 11) is 0. The van der Waals surface area contributed by atoms with Gasteiger partial charge in [-0.2, -0.15) is 0 Å². The summed E-state index contributed by atoms with van der Waals surface area (Å²) < 4.78 is 0. The number of nitrogens with one attached hydrogen (secondary N) is 2. The van der Waals surface area contributed by atoms with Crippen LogP contribution in [0.25, 0.3) is 10.9 Å². The number of hydrogen-bond acceptors (Lipinski definition) is 3. The van der Waals surface area contributed by atoms with Crippen molar-refractivity contribution in [2.45, 2.75) is 31.7 Å². The Labute approximate surface area is 171 Å². The van der Waals surface area contributed by atoms with Crippen LogP contribution in [0, 0.1) is 0 Å². The quantitative estimate of drug-likeness (QED) is 0.505. The summed E-state index contributed by atoms with van der Waals surface area (Å²) in [6, 6.07) is 23.2. The zero-order chi connectivity index (χ0) is 19.3. The molecular formula is C23H26N4S. The highest BCUT2D eigenvalue weighted by Crippen LogP contribution is 2.27. The molecule has 28 heavy (non-hydrogen) atoms. The van der Waals surface area contributed by atoms with E-state index in [1.807, 2.05) is 18.2 Å². The first kappa shape index (κ1) is 18.8. The van der Waals surface area contributed by atoms with Crippen LogP contribution in [0.4, 0.5) is 0 Å². The number of likely N-dealkylation sites (tertiary alicyclic amines) is 1. The van der Waals surface area contributed by atoms with E-state index in [0.717, 1.165) is 47.6 Å². The highest BCUT2D eigenvalue weighted by molar-refractivity contribution is 7.80. The van der Waals surface area contributed by atoms with Crippen LogP contribution in [0.5, 0.6) is 0 Å². The molecule has 1 atom stereocenters. The number of rotatable bonds is 4. The van der Waals surface area contributed by atoms with Crippen LogP contribution in [0.15, 0.2) is 66.7 Å². The van der Waals surface area contributed by atoms with Crippen molar-refractivity contribution in [3.8, 4) is 0 Å². The Morgan fingerprint density at radius 1 is 1.00 bits per heavy atom. The van der Waals surface area contributed by atoms with Crippen molar-refractivity contribution >= 4 is 28.2 Å². The Morgan fingerprint density at radius 3 is 2.50 bits per heavy atom. The van der Waals surface area contributed by atoms with Gasteiger partial charge in [-0.05, 0) is 55.6 Å². The van der Waals surface area contributed by atoms with Gasteiger partial charge in [0.25, 0.3) is 0 Å². The molecule has 0 aliphatic carbocycles. The molecule has 0 amide bonds. The molecule has 0 unspecified atom stereocenters. The topological polar surface area (TPSA) is 40.2 Å². The Bertz CT molecular complexity index is 935. The Hall–Kier alpha value is -2.50. The third kappa shape index (κ3) is 4.32. The van der Waals surface area contributed by atoms with E-state index >= 15 is 0 Å². The molecule has 4 rings (SSSR count). The third-order valence-corrected chi connectivity index (χ3v) is 5.87. The summed E-state index contributed by atoms with van der Waals surface area (Å²) in [5.74, 6) is 0.633. The molecule has 1 aliphatic heterocycles. The SMILES string of the molecule is C[C@@H](NNC(=S)N1CCC(c2ccccc2)CC1)c1ccc2ccccc2n1. The minimum absolute atomic E-state index is 0.0596. The summed E-state index contributed by atoms with van der Waals surface area (Å²) in [5, 5.41) is 1.92. The van der Waals surface area contributed by atoms with E-state index in [9.17, 15) is 0 Å². The molecule has 2 heterocycles. The molecule has 1 aromatic heterocycles. The molecule has 1 fully saturated rings. The summed E-state index contributed by atoms with van der Waals surface area (Å²) in [6.07, 6.45) is 2.27. The van der Waals surface area contributed by atoms with Gasteiger partial charge in [0.2, 0.25) is 0 Å². The van der Waals surface area contributed by atoms with Gasteiger partial charge in [0.15, 0.2) is 5.11 Å². The summed E-state index contributed by atoms with van der Waals surface area (Å²) in [6.45, 7) is 4.06. The maximum absolute atomic E-state index is 5.61. The lowest BCUT2D eigenvalue weighted by Crippen LogP contribution is -2.49. The van der Waals surface area contributed by atoms with Crippen molar-refractivity contribution in [3.63, 3.8) is 0 Å². The standard InChI is InChI=1S/C23H26N4S/c1-17(21-12-11-20-9-5-6-10-22(20)24-21)25-26-23(28)27-15-13-19(14-16-27)18-7-3-2-4-8-18/h2-12,17,19,25H,13-16H2,1H3,(H,26,28)/t17-/m1/s1. The van der Waals surface area contributed by atoms with Crippen molar-refractivity contribution in [1.82, 2.24) is 20.7 Å². The molecule has 0 radical (unpaired) electrons. The molecule has 3 aromatic rings. The van der Waals surface area contributed by atoms with Gasteiger partial charge in [-0.3, -0.25) is 10.4 Å². The lowest BCUT2D eigenvalue weighted by Gasteiger charge is -2.34. The number of aromatic nitrogens is 1. The third-order valence-electron chi connectivity index (χ3n) is 5.51. The molecule has 1 aliphatic rings. The molecule has 4 nitrogen and oxygen atoms in total. The monoisotopic (exact) mass is 390 g/mol. The highest BCUT2D eigenvalue weighted by atomic mass is 32.1. The molecule has 2 N–H and O–H groups in total. The average Bonchev–Trinajstić information content (AvgIpc) is 2.77. The Morgan fingerprint density at radius 2 is 1.71 bits per heavy atom. The van der Waals surface area contributed by atoms with Crippen LogP contribution in [0.1, 0.15) is 43.0 Å². The van der Waals surface area contributed by atoms with Crippen LogP contribution in [-0.2, 0) is 0 Å². The van der Waals surface area contributed by atoms with Crippen molar-refractivity contribution < 1.29 is 0 Å². The number of nitrogens with zero attached hydrogens (tertiary/aromatic N) is 2. The fraction of sp³-hybridized carbons (Fsp3) is 0.304. The fourth-order valence-corrected chi connectivity index (χ4v) is 4.03. The average molecular weight is 391 g/mol. The summed E-state index contributed by atoms with van der Waals surface area (Å²) in [5.41, 5.74) is 9.98. The van der Waals surface area contributed by atoms with Crippen LogP contribution in [0.3, 0.4) is 0 Å². The number of thiocarbonyl (C=S) groups is 1. The van der Waals surface area contributed by atoms with Gasteiger partial charge in [0, 0.05) is 18.5 Å². The number of piperidine rings is 1. The predicted octanol–water partition coefficient (Wildman–Crippen LogP) is 4.55. The van der Waals surface area contributed by atoms with Crippen molar-refractivity contribution in [1.29, 1.82) is 0 Å². The lowest BCUT2D eigenvalue weighted by atomic mass is 9.90. The summed E-state index contributed by atoms with van der Waals surface area (Å²) >= 11 is 5.61. The normalized spacial score (nSPS) is 16.1. The number of fused-ring (bicyclic) bond motifs is 1. The van der Waals surface area contributed by atoms with Gasteiger partial charge in [0.05, 0.1) is 17.3 Å². The Balaban J connectivity index is 1.29. The Kier molecular flexibility index (Phi) is 5.84. The number of para-hydroxylation sites is 1. The van der Waals surface area contributed by atoms with E-state index in [2.05, 4.69) is 71.2 Å². The van der Waals surface area contributed by atoms with E-state index < -0.39 is 0 Å². The van der Waals surface area contributed by atoms with E-state index in [1.54, 1.807) is 0 Å². The molecule has 0 bridgehead atoms. The second-order valence-electron chi connectivity index (χ2n) is 7.40. The smallest absolute Gasteiger partial charge is 0.183 e. The number of hydrogen-bond donors (Lipinski definition) is 2. The van der Waals surface area contributed by atoms with Crippen molar-refractivity contribution in [2.75, 3.05) is 13.1 Å². The lowest BCUT2D eigenvalue weighted by molar-refractivity contribution is 0.304. The zero-order valence-electron chi connectivity index (χ0n) is 16.1. The molecule has 144 valence electrons. The number of benzene rings is 2. The van der Waals surface area contributed by atoms with Gasteiger partial charge in [0.1, 0.15) is 0 Å². The van der Waals surface area contributed by atoms with Crippen LogP contribution in [0.2, 0.25) is 0 Å². The first-order valence-corrected chi connectivity index (χ1v) is 10.3.